The number of aliphatic hydroxyl groups excluding tert-OH is 1. The summed E-state index contributed by atoms with van der Waals surface area (Å²) in [6, 6.07) is 11.7. The van der Waals surface area contributed by atoms with Gasteiger partial charge in [0, 0.05) is 14.7 Å². The number of thiophene rings is 1. The van der Waals surface area contributed by atoms with Crippen LogP contribution in [-0.2, 0) is 0 Å². The molecular weight excluding hydrogens is 416 g/mol. The average molecular weight is 428 g/mol. The van der Waals surface area contributed by atoms with Crippen LogP contribution in [0.25, 0.3) is 10.1 Å². The highest BCUT2D eigenvalue weighted by atomic mass is 79.9. The molecule has 0 spiro atoms. The van der Waals surface area contributed by atoms with Crippen LogP contribution in [0.3, 0.4) is 0 Å². The van der Waals surface area contributed by atoms with E-state index in [-0.39, 0.29) is 0 Å². The molecule has 0 saturated heterocycles. The zero-order valence-electron chi connectivity index (χ0n) is 11.1. The van der Waals surface area contributed by atoms with Gasteiger partial charge >= 0.3 is 0 Å². The van der Waals surface area contributed by atoms with Gasteiger partial charge in [0.05, 0.1) is 11.6 Å². The van der Waals surface area contributed by atoms with Gasteiger partial charge in [0.2, 0.25) is 0 Å². The third-order valence-corrected chi connectivity index (χ3v) is 5.96. The van der Waals surface area contributed by atoms with Gasteiger partial charge in [0.15, 0.2) is 0 Å². The Hall–Kier alpha value is -0.880. The van der Waals surface area contributed by atoms with Crippen molar-refractivity contribution in [3.63, 3.8) is 0 Å². The van der Waals surface area contributed by atoms with E-state index in [1.165, 1.54) is 0 Å². The highest BCUT2D eigenvalue weighted by Crippen LogP contribution is 2.38. The molecule has 1 atom stereocenters. The normalized spacial score (nSPS) is 12.6. The predicted molar refractivity (Wildman–Crippen MR) is 94.3 cm³/mol. The second-order valence-electron chi connectivity index (χ2n) is 4.60. The molecule has 0 bridgehead atoms. The molecule has 0 aliphatic carbocycles. The van der Waals surface area contributed by atoms with Gasteiger partial charge in [0.1, 0.15) is 11.9 Å². The molecule has 3 aromatic rings. The molecule has 5 heteroatoms. The van der Waals surface area contributed by atoms with Gasteiger partial charge in [-0.05, 0) is 66.4 Å². The van der Waals surface area contributed by atoms with E-state index in [1.54, 1.807) is 18.4 Å². The predicted octanol–water partition coefficient (Wildman–Crippen LogP) is 5.52. The highest BCUT2D eigenvalue weighted by Gasteiger charge is 2.17. The van der Waals surface area contributed by atoms with E-state index in [0.717, 1.165) is 35.9 Å². The van der Waals surface area contributed by atoms with Crippen molar-refractivity contribution < 1.29 is 9.84 Å². The summed E-state index contributed by atoms with van der Waals surface area (Å²) >= 11 is 8.64. The molecule has 0 fully saturated rings. The smallest absolute Gasteiger partial charge is 0.133 e. The lowest BCUT2D eigenvalue weighted by Crippen LogP contribution is -1.99. The number of hydrogen-bond acceptors (Lipinski definition) is 3. The maximum atomic E-state index is 10.7. The fourth-order valence-corrected chi connectivity index (χ4v) is 4.48. The molecule has 1 unspecified atom stereocenters. The molecule has 1 aromatic heterocycles. The van der Waals surface area contributed by atoms with E-state index in [1.807, 2.05) is 41.8 Å². The van der Waals surface area contributed by atoms with Gasteiger partial charge in [-0.15, -0.1) is 11.3 Å². The molecule has 2 nitrogen and oxygen atoms in total. The third-order valence-electron chi connectivity index (χ3n) is 3.37. The summed E-state index contributed by atoms with van der Waals surface area (Å²) < 4.78 is 8.27. The Balaban J connectivity index is 2.06. The van der Waals surface area contributed by atoms with E-state index in [4.69, 9.17) is 4.74 Å². The summed E-state index contributed by atoms with van der Waals surface area (Å²) in [7, 11) is 1.63. The molecule has 0 amide bonds. The van der Waals surface area contributed by atoms with Gasteiger partial charge in [-0.3, -0.25) is 0 Å². The van der Waals surface area contributed by atoms with Crippen LogP contribution in [0.15, 0.2) is 50.7 Å². The molecule has 2 aromatic carbocycles. The van der Waals surface area contributed by atoms with Crippen LogP contribution in [0.1, 0.15) is 17.2 Å². The molecule has 0 aliphatic heterocycles. The van der Waals surface area contributed by atoms with Gasteiger partial charge in [-0.1, -0.05) is 18.2 Å². The summed E-state index contributed by atoms with van der Waals surface area (Å²) in [4.78, 5) is 0. The first-order valence-corrected chi connectivity index (χ1v) is 8.75. The Labute approximate surface area is 143 Å². The zero-order valence-corrected chi connectivity index (χ0v) is 15.1. The highest BCUT2D eigenvalue weighted by molar-refractivity contribution is 9.11. The Kier molecular flexibility index (Phi) is 4.36. The van der Waals surface area contributed by atoms with Gasteiger partial charge in [0.25, 0.3) is 0 Å². The quantitative estimate of drug-likeness (QED) is 0.596. The minimum atomic E-state index is -0.657. The number of rotatable bonds is 3. The largest absolute Gasteiger partial charge is 0.496 e. The van der Waals surface area contributed by atoms with Crippen molar-refractivity contribution in [2.75, 3.05) is 7.11 Å². The summed E-state index contributed by atoms with van der Waals surface area (Å²) in [6.45, 7) is 0. The van der Waals surface area contributed by atoms with Crippen LogP contribution < -0.4 is 4.74 Å². The van der Waals surface area contributed by atoms with Crippen molar-refractivity contribution in [2.24, 2.45) is 0 Å². The topological polar surface area (TPSA) is 29.5 Å². The zero-order chi connectivity index (χ0) is 15.0. The Morgan fingerprint density at radius 3 is 2.67 bits per heavy atom. The molecule has 108 valence electrons. The number of aliphatic hydroxyl groups is 1. The lowest BCUT2D eigenvalue weighted by atomic mass is 10.0. The number of fused-ring (bicyclic) bond motifs is 1. The second-order valence-corrected chi connectivity index (χ2v) is 7.19. The summed E-state index contributed by atoms with van der Waals surface area (Å²) in [5.74, 6) is 0.754. The van der Waals surface area contributed by atoms with Gasteiger partial charge in [-0.25, -0.2) is 0 Å². The average Bonchev–Trinajstić information content (AvgIpc) is 2.92. The fourth-order valence-electron chi connectivity index (χ4n) is 2.29. The SMILES string of the molecule is COc1ccc(C(O)c2csc3c(Br)cccc23)cc1Br. The van der Waals surface area contributed by atoms with Crippen LogP contribution in [0.5, 0.6) is 5.75 Å². The van der Waals surface area contributed by atoms with Gasteiger partial charge in [-0.2, -0.15) is 0 Å². The van der Waals surface area contributed by atoms with E-state index < -0.39 is 6.10 Å². The maximum Gasteiger partial charge on any atom is 0.133 e. The molecule has 0 saturated carbocycles. The first-order valence-electron chi connectivity index (χ1n) is 6.29. The fraction of sp³-hybridized carbons (Fsp3) is 0.125. The molecule has 0 aliphatic rings. The lowest BCUT2D eigenvalue weighted by molar-refractivity contribution is 0.222. The second kappa shape index (κ2) is 6.08. The van der Waals surface area contributed by atoms with Crippen molar-refractivity contribution in [2.45, 2.75) is 6.10 Å². The van der Waals surface area contributed by atoms with Crippen LogP contribution >= 0.6 is 43.2 Å². The monoisotopic (exact) mass is 426 g/mol. The molecule has 3 rings (SSSR count). The van der Waals surface area contributed by atoms with E-state index >= 15 is 0 Å². The van der Waals surface area contributed by atoms with Crippen LogP contribution in [0.2, 0.25) is 0 Å². The van der Waals surface area contributed by atoms with Crippen molar-refractivity contribution >= 4 is 53.3 Å². The molecule has 0 radical (unpaired) electrons. The van der Waals surface area contributed by atoms with Crippen LogP contribution in [0, 0.1) is 0 Å². The minimum Gasteiger partial charge on any atom is -0.496 e. The first-order chi connectivity index (χ1) is 10.1. The minimum absolute atomic E-state index is 0.657. The number of halogens is 2. The molecule has 21 heavy (non-hydrogen) atoms. The lowest BCUT2D eigenvalue weighted by Gasteiger charge is -2.12. The number of ether oxygens (including phenoxy) is 1. The van der Waals surface area contributed by atoms with Gasteiger partial charge < -0.3 is 9.84 Å². The molecular formula is C16H12Br2O2S. The van der Waals surface area contributed by atoms with Crippen LogP contribution in [-0.4, -0.2) is 12.2 Å². The van der Waals surface area contributed by atoms with Crippen molar-refractivity contribution in [3.8, 4) is 5.75 Å². The van der Waals surface area contributed by atoms with Crippen molar-refractivity contribution in [1.82, 2.24) is 0 Å². The Bertz CT molecular complexity index is 798. The summed E-state index contributed by atoms with van der Waals surface area (Å²) in [5, 5.41) is 13.8. The van der Waals surface area contributed by atoms with Crippen molar-refractivity contribution in [1.29, 1.82) is 0 Å². The van der Waals surface area contributed by atoms with Crippen LogP contribution in [0.4, 0.5) is 0 Å². The van der Waals surface area contributed by atoms with E-state index in [9.17, 15) is 5.11 Å². The first kappa shape index (κ1) is 15.0. The number of benzene rings is 2. The van der Waals surface area contributed by atoms with E-state index in [0.29, 0.717) is 0 Å². The van der Waals surface area contributed by atoms with E-state index in [2.05, 4.69) is 31.9 Å². The standard InChI is InChI=1S/C16H12Br2O2S/c1-20-14-6-5-9(7-13(14)18)15(19)11-8-21-16-10(11)3-2-4-12(16)17/h2-8,15,19H,1H3. The third kappa shape index (κ3) is 2.75. The Morgan fingerprint density at radius 1 is 1.14 bits per heavy atom. The summed E-state index contributed by atoms with van der Waals surface area (Å²) in [6.07, 6.45) is -0.657. The molecule has 1 N–H and O–H groups in total. The van der Waals surface area contributed by atoms with Crippen molar-refractivity contribution in [3.05, 3.63) is 61.9 Å². The molecule has 1 heterocycles. The number of methoxy groups -OCH3 is 1. The number of hydrogen-bond donors (Lipinski definition) is 1. The summed E-state index contributed by atoms with van der Waals surface area (Å²) in [5.41, 5.74) is 1.76. The Morgan fingerprint density at radius 2 is 1.95 bits per heavy atom. The maximum absolute atomic E-state index is 10.7.